The molecule has 0 fully saturated rings. The van der Waals surface area contributed by atoms with Crippen LogP contribution < -0.4 is 14.4 Å². The van der Waals surface area contributed by atoms with Crippen molar-refractivity contribution in [3.8, 4) is 5.75 Å². The number of nitrogens with one attached hydrogen (secondary N) is 1. The minimum atomic E-state index is -3.54. The van der Waals surface area contributed by atoms with Gasteiger partial charge in [-0.15, -0.1) is 0 Å². The molecule has 0 aliphatic carbocycles. The van der Waals surface area contributed by atoms with Crippen molar-refractivity contribution in [2.45, 2.75) is 72.5 Å². The lowest BCUT2D eigenvalue weighted by Gasteiger charge is -2.30. The number of nitrogens with zero attached hydrogens (tertiary/aromatic N) is 2. The number of ether oxygens (including phenoxy) is 1. The molecule has 1 N–H and O–H groups in total. The van der Waals surface area contributed by atoms with Crippen LogP contribution in [0.3, 0.4) is 0 Å². The molecule has 2 aromatic rings. The van der Waals surface area contributed by atoms with Gasteiger partial charge in [-0.2, -0.15) is 0 Å². The third-order valence-corrected chi connectivity index (χ3v) is 7.65. The molecular formula is C28H41N3O5S. The van der Waals surface area contributed by atoms with E-state index in [1.54, 1.807) is 18.9 Å². The Bertz CT molecular complexity index is 1160. The van der Waals surface area contributed by atoms with Crippen LogP contribution in [0.25, 0.3) is 0 Å². The normalized spacial score (nSPS) is 12.9. The Labute approximate surface area is 222 Å². The van der Waals surface area contributed by atoms with Crippen LogP contribution in [0.2, 0.25) is 0 Å². The number of methoxy groups -OCH3 is 1. The summed E-state index contributed by atoms with van der Waals surface area (Å²) in [6.45, 7) is 9.83. The van der Waals surface area contributed by atoms with Gasteiger partial charge in [0.15, 0.2) is 0 Å². The van der Waals surface area contributed by atoms with Crippen molar-refractivity contribution in [3.05, 3.63) is 59.2 Å². The van der Waals surface area contributed by atoms with E-state index in [-0.39, 0.29) is 37.4 Å². The number of amides is 2. The molecule has 0 radical (unpaired) electrons. The van der Waals surface area contributed by atoms with Gasteiger partial charge in [-0.1, -0.05) is 31.2 Å². The molecule has 0 unspecified atom stereocenters. The number of carbonyl (C=O) groups is 2. The van der Waals surface area contributed by atoms with Gasteiger partial charge in [-0.3, -0.25) is 13.9 Å². The van der Waals surface area contributed by atoms with E-state index >= 15 is 0 Å². The fraction of sp³-hybridized carbons (Fsp3) is 0.500. The molecule has 0 heterocycles. The van der Waals surface area contributed by atoms with E-state index in [2.05, 4.69) is 5.32 Å². The highest BCUT2D eigenvalue weighted by Crippen LogP contribution is 2.25. The van der Waals surface area contributed by atoms with Crippen molar-refractivity contribution >= 4 is 27.5 Å². The third kappa shape index (κ3) is 8.77. The van der Waals surface area contributed by atoms with Crippen molar-refractivity contribution in [1.82, 2.24) is 10.2 Å². The summed E-state index contributed by atoms with van der Waals surface area (Å²) in [4.78, 5) is 27.9. The Balaban J connectivity index is 2.21. The number of hydrogen-bond acceptors (Lipinski definition) is 5. The molecule has 8 nitrogen and oxygen atoms in total. The van der Waals surface area contributed by atoms with Crippen molar-refractivity contribution < 1.29 is 22.7 Å². The Morgan fingerprint density at radius 2 is 1.70 bits per heavy atom. The van der Waals surface area contributed by atoms with Gasteiger partial charge in [0.1, 0.15) is 11.8 Å². The van der Waals surface area contributed by atoms with Gasteiger partial charge in [0.05, 0.1) is 19.1 Å². The number of sulfonamides is 1. The SMILES string of the molecule is CC[C@@H](C)NC(=O)[C@H](C)N(Cc1ccc(OC)cc1)C(=O)CCCN(c1cc(C)ccc1C)S(C)(=O)=O. The fourth-order valence-electron chi connectivity index (χ4n) is 3.95. The van der Waals surface area contributed by atoms with Crippen molar-refractivity contribution in [1.29, 1.82) is 0 Å². The smallest absolute Gasteiger partial charge is 0.242 e. The molecule has 0 aliphatic rings. The molecule has 0 bridgehead atoms. The second kappa shape index (κ2) is 13.5. The summed E-state index contributed by atoms with van der Waals surface area (Å²) in [6, 6.07) is 12.3. The number of benzene rings is 2. The number of anilines is 1. The van der Waals surface area contributed by atoms with Gasteiger partial charge in [-0.05, 0) is 75.4 Å². The standard InChI is InChI=1S/C28H41N3O5S/c1-8-22(4)29-28(33)23(5)30(19-24-13-15-25(36-6)16-14-24)27(32)10-9-17-31(37(7,34)35)26-18-20(2)11-12-21(26)3/h11-16,18,22-23H,8-10,17,19H2,1-7H3,(H,29,33)/t22-,23+/m1/s1. The van der Waals surface area contributed by atoms with Crippen LogP contribution in [0.5, 0.6) is 5.75 Å². The Kier molecular flexibility index (Phi) is 11.0. The lowest BCUT2D eigenvalue weighted by molar-refractivity contribution is -0.140. The van der Waals surface area contributed by atoms with E-state index in [0.29, 0.717) is 17.9 Å². The quantitative estimate of drug-likeness (QED) is 0.418. The van der Waals surface area contributed by atoms with Gasteiger partial charge < -0.3 is 15.0 Å². The number of aryl methyl sites for hydroxylation is 2. The summed E-state index contributed by atoms with van der Waals surface area (Å²) >= 11 is 0. The second-order valence-electron chi connectivity index (χ2n) is 9.59. The van der Waals surface area contributed by atoms with E-state index in [1.165, 1.54) is 10.6 Å². The van der Waals surface area contributed by atoms with Crippen LogP contribution in [0, 0.1) is 13.8 Å². The van der Waals surface area contributed by atoms with Gasteiger partial charge in [0.25, 0.3) is 0 Å². The molecule has 0 aliphatic heterocycles. The lowest BCUT2D eigenvalue weighted by Crippen LogP contribution is -2.49. The summed E-state index contributed by atoms with van der Waals surface area (Å²) in [5.74, 6) is 0.276. The average Bonchev–Trinajstić information content (AvgIpc) is 2.85. The zero-order chi connectivity index (χ0) is 27.8. The first-order valence-electron chi connectivity index (χ1n) is 12.6. The molecule has 9 heteroatoms. The highest BCUT2D eigenvalue weighted by molar-refractivity contribution is 7.92. The van der Waals surface area contributed by atoms with E-state index in [9.17, 15) is 18.0 Å². The van der Waals surface area contributed by atoms with Gasteiger partial charge in [0.2, 0.25) is 21.8 Å². The Morgan fingerprint density at radius 3 is 2.27 bits per heavy atom. The van der Waals surface area contributed by atoms with Crippen LogP contribution in [-0.4, -0.2) is 57.1 Å². The van der Waals surface area contributed by atoms with Crippen molar-refractivity contribution in [3.63, 3.8) is 0 Å². The van der Waals surface area contributed by atoms with E-state index in [1.807, 2.05) is 70.2 Å². The van der Waals surface area contributed by atoms with E-state index in [4.69, 9.17) is 4.74 Å². The third-order valence-electron chi connectivity index (χ3n) is 6.47. The maximum Gasteiger partial charge on any atom is 0.242 e. The first kappa shape index (κ1) is 30.2. The van der Waals surface area contributed by atoms with Crippen molar-refractivity contribution in [2.75, 3.05) is 24.2 Å². The second-order valence-corrected chi connectivity index (χ2v) is 11.5. The minimum absolute atomic E-state index is 0.00576. The molecular weight excluding hydrogens is 490 g/mol. The summed E-state index contributed by atoms with van der Waals surface area (Å²) in [6.07, 6.45) is 2.38. The summed E-state index contributed by atoms with van der Waals surface area (Å²) in [5, 5.41) is 2.96. The molecule has 0 aromatic heterocycles. The summed E-state index contributed by atoms with van der Waals surface area (Å²) in [5.41, 5.74) is 3.28. The maximum atomic E-state index is 13.4. The first-order chi connectivity index (χ1) is 17.4. The van der Waals surface area contributed by atoms with E-state index < -0.39 is 16.1 Å². The molecule has 37 heavy (non-hydrogen) atoms. The van der Waals surface area contributed by atoms with Crippen LogP contribution in [0.4, 0.5) is 5.69 Å². The number of carbonyl (C=O) groups excluding carboxylic acids is 2. The molecule has 2 aromatic carbocycles. The molecule has 2 amide bonds. The zero-order valence-electron chi connectivity index (χ0n) is 23.1. The minimum Gasteiger partial charge on any atom is -0.497 e. The molecule has 0 spiro atoms. The van der Waals surface area contributed by atoms with Gasteiger partial charge in [-0.25, -0.2) is 8.42 Å². The lowest BCUT2D eigenvalue weighted by atomic mass is 10.1. The summed E-state index contributed by atoms with van der Waals surface area (Å²) < 4.78 is 31.8. The monoisotopic (exact) mass is 531 g/mol. The van der Waals surface area contributed by atoms with Crippen LogP contribution in [0.1, 0.15) is 56.7 Å². The van der Waals surface area contributed by atoms with Crippen molar-refractivity contribution in [2.24, 2.45) is 0 Å². The fourth-order valence-corrected chi connectivity index (χ4v) is 4.96. The zero-order valence-corrected chi connectivity index (χ0v) is 23.9. The molecule has 204 valence electrons. The first-order valence-corrected chi connectivity index (χ1v) is 14.5. The largest absolute Gasteiger partial charge is 0.497 e. The molecule has 2 rings (SSSR count). The van der Waals surface area contributed by atoms with Crippen LogP contribution >= 0.6 is 0 Å². The van der Waals surface area contributed by atoms with Gasteiger partial charge >= 0.3 is 0 Å². The number of hydrogen-bond donors (Lipinski definition) is 1. The predicted molar refractivity (Wildman–Crippen MR) is 148 cm³/mol. The highest BCUT2D eigenvalue weighted by Gasteiger charge is 2.27. The Morgan fingerprint density at radius 1 is 1.05 bits per heavy atom. The molecule has 2 atom stereocenters. The van der Waals surface area contributed by atoms with Crippen LogP contribution in [0.15, 0.2) is 42.5 Å². The maximum absolute atomic E-state index is 13.4. The van der Waals surface area contributed by atoms with Gasteiger partial charge in [0, 0.05) is 25.6 Å². The van der Waals surface area contributed by atoms with E-state index in [0.717, 1.165) is 23.1 Å². The number of rotatable bonds is 13. The molecule has 0 saturated heterocycles. The summed E-state index contributed by atoms with van der Waals surface area (Å²) in [7, 11) is -1.96. The predicted octanol–water partition coefficient (Wildman–Crippen LogP) is 4.19. The molecule has 0 saturated carbocycles. The Hall–Kier alpha value is -3.07. The topological polar surface area (TPSA) is 96.0 Å². The average molecular weight is 532 g/mol. The highest BCUT2D eigenvalue weighted by atomic mass is 32.2. The van der Waals surface area contributed by atoms with Crippen LogP contribution in [-0.2, 0) is 26.2 Å².